The van der Waals surface area contributed by atoms with Crippen molar-refractivity contribution in [1.82, 2.24) is 10.1 Å². The molecular weight excluding hydrogens is 334 g/mol. The van der Waals surface area contributed by atoms with Gasteiger partial charge in [0.2, 0.25) is 11.7 Å². The molecule has 0 bridgehead atoms. The number of benzene rings is 2. The van der Waals surface area contributed by atoms with Crippen molar-refractivity contribution in [1.29, 1.82) is 0 Å². The van der Waals surface area contributed by atoms with Gasteiger partial charge in [0.1, 0.15) is 0 Å². The van der Waals surface area contributed by atoms with E-state index in [-0.39, 0.29) is 0 Å². The number of aryl methyl sites for hydroxylation is 1. The molecule has 0 aliphatic rings. The third kappa shape index (κ3) is 3.60. The molecule has 1 unspecified atom stereocenters. The zero-order chi connectivity index (χ0) is 16.4. The summed E-state index contributed by atoms with van der Waals surface area (Å²) in [6, 6.07) is 14.1. The van der Waals surface area contributed by atoms with E-state index >= 15 is 0 Å². The highest BCUT2D eigenvalue weighted by Crippen LogP contribution is 2.24. The van der Waals surface area contributed by atoms with E-state index in [2.05, 4.69) is 14.5 Å². The van der Waals surface area contributed by atoms with Crippen LogP contribution in [-0.2, 0) is 9.73 Å². The second-order valence-corrected chi connectivity index (χ2v) is 7.73. The predicted molar refractivity (Wildman–Crippen MR) is 90.3 cm³/mol. The molecule has 3 aromatic rings. The zero-order valence-corrected chi connectivity index (χ0v) is 14.1. The van der Waals surface area contributed by atoms with Crippen molar-refractivity contribution >= 4 is 27.0 Å². The molecule has 3 rings (SSSR count). The molecule has 0 spiro atoms. The maximum atomic E-state index is 12.8. The van der Waals surface area contributed by atoms with Gasteiger partial charge in [-0.05, 0) is 48.5 Å². The van der Waals surface area contributed by atoms with E-state index in [1.165, 1.54) is 0 Å². The molecule has 0 saturated heterocycles. The lowest BCUT2D eigenvalue weighted by atomic mass is 10.2. The normalized spacial score (nSPS) is 13.5. The van der Waals surface area contributed by atoms with E-state index < -0.39 is 9.73 Å². The molecule has 1 aromatic heterocycles. The lowest BCUT2D eigenvalue weighted by Crippen LogP contribution is -1.96. The van der Waals surface area contributed by atoms with Gasteiger partial charge in [-0.2, -0.15) is 9.35 Å². The molecule has 0 fully saturated rings. The van der Waals surface area contributed by atoms with Crippen LogP contribution in [0.3, 0.4) is 0 Å². The summed E-state index contributed by atoms with van der Waals surface area (Å²) >= 11 is 5.86. The van der Waals surface area contributed by atoms with E-state index in [1.54, 1.807) is 49.6 Å². The SMILES string of the molecule is Cc1nc(-c2ccc(N=S(C)(=O)c3ccc(Cl)cc3)cc2)no1. The van der Waals surface area contributed by atoms with E-state index in [1.807, 2.05) is 12.1 Å². The number of hydrogen-bond acceptors (Lipinski definition) is 5. The Bertz CT molecular complexity index is 940. The monoisotopic (exact) mass is 347 g/mol. The highest BCUT2D eigenvalue weighted by atomic mass is 35.5. The third-order valence-corrected chi connectivity index (χ3v) is 5.14. The number of nitrogens with zero attached hydrogens (tertiary/aromatic N) is 3. The largest absolute Gasteiger partial charge is 0.339 e. The van der Waals surface area contributed by atoms with E-state index in [4.69, 9.17) is 16.1 Å². The highest BCUT2D eigenvalue weighted by molar-refractivity contribution is 7.93. The fourth-order valence-electron chi connectivity index (χ4n) is 2.03. The Morgan fingerprint density at radius 1 is 1.09 bits per heavy atom. The van der Waals surface area contributed by atoms with Crippen LogP contribution in [0.4, 0.5) is 5.69 Å². The van der Waals surface area contributed by atoms with E-state index in [0.29, 0.717) is 27.3 Å². The highest BCUT2D eigenvalue weighted by Gasteiger charge is 2.08. The van der Waals surface area contributed by atoms with Gasteiger partial charge in [-0.25, -0.2) is 4.21 Å². The summed E-state index contributed by atoms with van der Waals surface area (Å²) < 4.78 is 22.1. The van der Waals surface area contributed by atoms with Crippen LogP contribution in [0.2, 0.25) is 5.02 Å². The van der Waals surface area contributed by atoms with Crippen molar-refractivity contribution in [2.75, 3.05) is 6.26 Å². The Morgan fingerprint density at radius 2 is 1.74 bits per heavy atom. The fourth-order valence-corrected chi connectivity index (χ4v) is 3.43. The summed E-state index contributed by atoms with van der Waals surface area (Å²) in [6.07, 6.45) is 1.60. The molecule has 23 heavy (non-hydrogen) atoms. The van der Waals surface area contributed by atoms with Crippen LogP contribution in [0.25, 0.3) is 11.4 Å². The minimum Gasteiger partial charge on any atom is -0.339 e. The molecular formula is C16H14ClN3O2S. The van der Waals surface area contributed by atoms with Crippen LogP contribution in [-0.4, -0.2) is 20.6 Å². The van der Waals surface area contributed by atoms with Gasteiger partial charge in [0, 0.05) is 28.7 Å². The molecule has 0 amide bonds. The molecule has 7 heteroatoms. The maximum absolute atomic E-state index is 12.8. The quantitative estimate of drug-likeness (QED) is 0.700. The molecule has 118 valence electrons. The van der Waals surface area contributed by atoms with Crippen molar-refractivity contribution in [2.24, 2.45) is 4.36 Å². The fraction of sp³-hybridized carbons (Fsp3) is 0.125. The molecule has 0 saturated carbocycles. The van der Waals surface area contributed by atoms with Gasteiger partial charge < -0.3 is 4.52 Å². The summed E-state index contributed by atoms with van der Waals surface area (Å²) in [6.45, 7) is 1.73. The summed E-state index contributed by atoms with van der Waals surface area (Å²) in [5.41, 5.74) is 1.44. The summed E-state index contributed by atoms with van der Waals surface area (Å²) in [7, 11) is -2.54. The van der Waals surface area contributed by atoms with E-state index in [9.17, 15) is 4.21 Å². The molecule has 1 atom stereocenters. The summed E-state index contributed by atoms with van der Waals surface area (Å²) in [4.78, 5) is 4.80. The third-order valence-electron chi connectivity index (χ3n) is 3.18. The van der Waals surface area contributed by atoms with Crippen molar-refractivity contribution in [3.63, 3.8) is 0 Å². The Hall–Kier alpha value is -2.18. The molecule has 0 aliphatic carbocycles. The lowest BCUT2D eigenvalue weighted by molar-refractivity contribution is 0.394. The molecule has 1 heterocycles. The second kappa shape index (κ2) is 6.14. The molecule has 5 nitrogen and oxygen atoms in total. The number of rotatable bonds is 3. The number of hydrogen-bond donors (Lipinski definition) is 0. The van der Waals surface area contributed by atoms with Crippen LogP contribution in [0.1, 0.15) is 5.89 Å². The van der Waals surface area contributed by atoms with Crippen LogP contribution in [0.15, 0.2) is 62.3 Å². The first-order valence-corrected chi connectivity index (χ1v) is 9.13. The Kier molecular flexibility index (Phi) is 4.19. The average molecular weight is 348 g/mol. The molecule has 2 aromatic carbocycles. The minimum atomic E-state index is -2.54. The average Bonchev–Trinajstić information content (AvgIpc) is 2.95. The Balaban J connectivity index is 1.92. The first-order valence-electron chi connectivity index (χ1n) is 6.82. The Morgan fingerprint density at radius 3 is 2.30 bits per heavy atom. The van der Waals surface area contributed by atoms with Crippen LogP contribution in [0, 0.1) is 6.92 Å². The van der Waals surface area contributed by atoms with Gasteiger partial charge in [-0.1, -0.05) is 16.8 Å². The zero-order valence-electron chi connectivity index (χ0n) is 12.6. The Labute approximate surface area is 139 Å². The molecule has 0 aliphatic heterocycles. The number of halogens is 1. The van der Waals surface area contributed by atoms with Gasteiger partial charge in [-0.3, -0.25) is 0 Å². The van der Waals surface area contributed by atoms with Crippen molar-refractivity contribution in [3.8, 4) is 11.4 Å². The van der Waals surface area contributed by atoms with Gasteiger partial charge in [0.15, 0.2) is 0 Å². The first kappa shape index (κ1) is 15.7. The van der Waals surface area contributed by atoms with Gasteiger partial charge in [-0.15, -0.1) is 0 Å². The van der Waals surface area contributed by atoms with Crippen LogP contribution in [0.5, 0.6) is 0 Å². The maximum Gasteiger partial charge on any atom is 0.223 e. The molecule has 0 radical (unpaired) electrons. The van der Waals surface area contributed by atoms with Crippen LogP contribution < -0.4 is 0 Å². The van der Waals surface area contributed by atoms with Gasteiger partial charge >= 0.3 is 0 Å². The topological polar surface area (TPSA) is 68.3 Å². The smallest absolute Gasteiger partial charge is 0.223 e. The van der Waals surface area contributed by atoms with Crippen molar-refractivity contribution < 1.29 is 8.73 Å². The standard InChI is InChI=1S/C16H14ClN3O2S/c1-11-18-16(19-22-11)12-3-7-14(8-4-12)20-23(2,21)15-9-5-13(17)6-10-15/h3-10H,1-2H3. The summed E-state index contributed by atoms with van der Waals surface area (Å²) in [5.74, 6) is 1.03. The predicted octanol–water partition coefficient (Wildman–Crippen LogP) is 4.49. The van der Waals surface area contributed by atoms with Crippen LogP contribution >= 0.6 is 11.6 Å². The lowest BCUT2D eigenvalue weighted by Gasteiger charge is -2.05. The van der Waals surface area contributed by atoms with Gasteiger partial charge in [0.05, 0.1) is 15.4 Å². The summed E-state index contributed by atoms with van der Waals surface area (Å²) in [5, 5.41) is 4.46. The van der Waals surface area contributed by atoms with Gasteiger partial charge in [0.25, 0.3) is 0 Å². The first-order chi connectivity index (χ1) is 10.9. The number of aromatic nitrogens is 2. The van der Waals surface area contributed by atoms with Crippen molar-refractivity contribution in [2.45, 2.75) is 11.8 Å². The van der Waals surface area contributed by atoms with Crippen molar-refractivity contribution in [3.05, 3.63) is 59.4 Å². The molecule has 0 N–H and O–H groups in total. The van der Waals surface area contributed by atoms with E-state index in [0.717, 1.165) is 5.56 Å². The minimum absolute atomic E-state index is 0.507. The second-order valence-electron chi connectivity index (χ2n) is 5.03.